The number of nitrogens with zero attached hydrogens (tertiary/aromatic N) is 1. The average molecular weight is 377 g/mol. The van der Waals surface area contributed by atoms with Gasteiger partial charge in [-0.3, -0.25) is 9.69 Å². The fraction of sp³-hybridized carbons (Fsp3) is 0.350. The highest BCUT2D eigenvalue weighted by molar-refractivity contribution is 7.98. The summed E-state index contributed by atoms with van der Waals surface area (Å²) in [7, 11) is 0. The summed E-state index contributed by atoms with van der Waals surface area (Å²) in [4.78, 5) is 14.5. The van der Waals surface area contributed by atoms with Crippen molar-refractivity contribution in [3.8, 4) is 0 Å². The molecule has 0 radical (unpaired) electrons. The first-order valence-electron chi connectivity index (χ1n) is 8.55. The molecule has 0 spiro atoms. The van der Waals surface area contributed by atoms with E-state index in [0.29, 0.717) is 25.1 Å². The van der Waals surface area contributed by atoms with Crippen molar-refractivity contribution in [2.24, 2.45) is 5.92 Å². The Morgan fingerprint density at radius 2 is 1.96 bits per heavy atom. The van der Waals surface area contributed by atoms with Gasteiger partial charge >= 0.3 is 5.97 Å². The number of carboxylic acids is 1. The van der Waals surface area contributed by atoms with Crippen molar-refractivity contribution in [3.63, 3.8) is 0 Å². The number of thioether (sulfide) groups is 1. The summed E-state index contributed by atoms with van der Waals surface area (Å²) < 4.78 is 27.9. The van der Waals surface area contributed by atoms with Gasteiger partial charge in [-0.1, -0.05) is 18.2 Å². The Labute approximate surface area is 156 Å². The van der Waals surface area contributed by atoms with Crippen molar-refractivity contribution in [1.29, 1.82) is 0 Å². The lowest BCUT2D eigenvalue weighted by molar-refractivity contribution is -0.143. The lowest BCUT2D eigenvalue weighted by atomic mass is 9.91. The van der Waals surface area contributed by atoms with Gasteiger partial charge in [0.25, 0.3) is 0 Å². The van der Waals surface area contributed by atoms with Gasteiger partial charge in [0.05, 0.1) is 12.0 Å². The number of aliphatic carboxylic acids is 1. The van der Waals surface area contributed by atoms with Crippen LogP contribution in [0.3, 0.4) is 0 Å². The summed E-state index contributed by atoms with van der Waals surface area (Å²) in [5.74, 6) is -2.53. The summed E-state index contributed by atoms with van der Waals surface area (Å²) >= 11 is 1.62. The molecule has 2 atom stereocenters. The third-order valence-corrected chi connectivity index (χ3v) is 5.60. The molecule has 3 rings (SSSR count). The number of carbonyl (C=O) groups is 1. The molecule has 6 heteroatoms. The molecule has 2 aromatic rings. The highest BCUT2D eigenvalue weighted by atomic mass is 32.2. The molecule has 3 nitrogen and oxygen atoms in total. The van der Waals surface area contributed by atoms with Gasteiger partial charge in [0, 0.05) is 23.1 Å². The van der Waals surface area contributed by atoms with E-state index in [1.54, 1.807) is 11.8 Å². The Hall–Kier alpha value is -1.92. The number of rotatable bonds is 5. The van der Waals surface area contributed by atoms with Crippen LogP contribution in [0.15, 0.2) is 47.4 Å². The van der Waals surface area contributed by atoms with E-state index in [1.165, 1.54) is 12.1 Å². The van der Waals surface area contributed by atoms with Gasteiger partial charge in [-0.05, 0) is 49.4 Å². The standard InChI is InChI=1S/C20H21F2NO2S/c1-26-16-7-4-13(5-8-16)19(17-9-6-15(21)11-18(17)22)23-10-2-3-14(12-23)20(24)25/h4-9,11,14,19H,2-3,10,12H2,1H3,(H,24,25). The zero-order chi connectivity index (χ0) is 18.7. The number of carboxylic acid groups (broad SMARTS) is 1. The van der Waals surface area contributed by atoms with Gasteiger partial charge in [-0.25, -0.2) is 8.78 Å². The predicted molar refractivity (Wildman–Crippen MR) is 98.4 cm³/mol. The maximum atomic E-state index is 14.6. The van der Waals surface area contributed by atoms with Crippen LogP contribution in [0, 0.1) is 17.6 Å². The lowest BCUT2D eigenvalue weighted by Gasteiger charge is -2.37. The summed E-state index contributed by atoms with van der Waals surface area (Å²) in [6, 6.07) is 11.0. The van der Waals surface area contributed by atoms with E-state index in [0.717, 1.165) is 22.9 Å². The van der Waals surface area contributed by atoms with E-state index >= 15 is 0 Å². The van der Waals surface area contributed by atoms with Gasteiger partial charge in [0.1, 0.15) is 11.6 Å². The largest absolute Gasteiger partial charge is 0.481 e. The van der Waals surface area contributed by atoms with Crippen molar-refractivity contribution in [2.45, 2.75) is 23.8 Å². The van der Waals surface area contributed by atoms with Crippen LogP contribution in [-0.2, 0) is 4.79 Å². The smallest absolute Gasteiger partial charge is 0.307 e. The molecular weight excluding hydrogens is 356 g/mol. The molecule has 0 bridgehead atoms. The molecule has 0 aromatic heterocycles. The molecule has 1 aliphatic heterocycles. The minimum Gasteiger partial charge on any atom is -0.481 e. The van der Waals surface area contributed by atoms with Gasteiger partial charge < -0.3 is 5.11 Å². The summed E-state index contributed by atoms with van der Waals surface area (Å²) in [5, 5.41) is 9.39. The van der Waals surface area contributed by atoms with Crippen LogP contribution in [-0.4, -0.2) is 35.3 Å². The molecule has 1 heterocycles. The number of hydrogen-bond donors (Lipinski definition) is 1. The fourth-order valence-electron chi connectivity index (χ4n) is 3.54. The van der Waals surface area contributed by atoms with E-state index < -0.39 is 29.6 Å². The van der Waals surface area contributed by atoms with E-state index in [4.69, 9.17) is 0 Å². The first-order valence-corrected chi connectivity index (χ1v) is 9.78. The number of halogens is 2. The second-order valence-electron chi connectivity index (χ2n) is 6.51. The quantitative estimate of drug-likeness (QED) is 0.775. The Morgan fingerprint density at radius 1 is 1.23 bits per heavy atom. The molecule has 1 N–H and O–H groups in total. The second kappa shape index (κ2) is 8.18. The van der Waals surface area contributed by atoms with Crippen molar-refractivity contribution >= 4 is 17.7 Å². The molecule has 1 aliphatic rings. The molecule has 0 saturated carbocycles. The molecule has 1 fully saturated rings. The topological polar surface area (TPSA) is 40.5 Å². The third-order valence-electron chi connectivity index (χ3n) is 4.86. The Balaban J connectivity index is 2.01. The number of piperidine rings is 1. The van der Waals surface area contributed by atoms with Crippen molar-refractivity contribution < 1.29 is 18.7 Å². The second-order valence-corrected chi connectivity index (χ2v) is 7.39. The Bertz CT molecular complexity index is 782. The molecule has 2 unspecified atom stereocenters. The van der Waals surface area contributed by atoms with E-state index in [-0.39, 0.29) is 0 Å². The maximum Gasteiger partial charge on any atom is 0.307 e. The van der Waals surface area contributed by atoms with Crippen molar-refractivity contribution in [2.75, 3.05) is 19.3 Å². The normalized spacial score (nSPS) is 19.3. The minimum absolute atomic E-state index is 0.348. The summed E-state index contributed by atoms with van der Waals surface area (Å²) in [5.41, 5.74) is 1.24. The predicted octanol–water partition coefficient (Wildman–Crippen LogP) is 4.57. The molecule has 138 valence electrons. The fourth-order valence-corrected chi connectivity index (χ4v) is 3.95. The van der Waals surface area contributed by atoms with Gasteiger partial charge in [-0.15, -0.1) is 11.8 Å². The highest BCUT2D eigenvalue weighted by Crippen LogP contribution is 2.35. The van der Waals surface area contributed by atoms with Gasteiger partial charge in [0.15, 0.2) is 0 Å². The van der Waals surface area contributed by atoms with Crippen molar-refractivity contribution in [3.05, 3.63) is 65.2 Å². The zero-order valence-corrected chi connectivity index (χ0v) is 15.3. The number of hydrogen-bond acceptors (Lipinski definition) is 3. The van der Waals surface area contributed by atoms with Gasteiger partial charge in [0.2, 0.25) is 0 Å². The zero-order valence-electron chi connectivity index (χ0n) is 14.5. The van der Waals surface area contributed by atoms with Crippen LogP contribution < -0.4 is 0 Å². The molecule has 1 saturated heterocycles. The average Bonchev–Trinajstić information content (AvgIpc) is 2.64. The molecule has 2 aromatic carbocycles. The monoisotopic (exact) mass is 377 g/mol. The maximum absolute atomic E-state index is 14.6. The van der Waals surface area contributed by atoms with Crippen LogP contribution in [0.25, 0.3) is 0 Å². The van der Waals surface area contributed by atoms with Crippen LogP contribution in [0.1, 0.15) is 30.0 Å². The van der Waals surface area contributed by atoms with Crippen LogP contribution >= 0.6 is 11.8 Å². The highest BCUT2D eigenvalue weighted by Gasteiger charge is 2.32. The van der Waals surface area contributed by atoms with Crippen LogP contribution in [0.5, 0.6) is 0 Å². The van der Waals surface area contributed by atoms with Crippen molar-refractivity contribution in [1.82, 2.24) is 4.90 Å². The number of benzene rings is 2. The minimum atomic E-state index is -0.828. The van der Waals surface area contributed by atoms with E-state index in [9.17, 15) is 18.7 Å². The Morgan fingerprint density at radius 3 is 2.58 bits per heavy atom. The number of likely N-dealkylation sites (tertiary alicyclic amines) is 1. The van der Waals surface area contributed by atoms with E-state index in [2.05, 4.69) is 0 Å². The first-order chi connectivity index (χ1) is 12.5. The Kier molecular flexibility index (Phi) is 5.94. The molecule has 0 amide bonds. The lowest BCUT2D eigenvalue weighted by Crippen LogP contribution is -2.41. The SMILES string of the molecule is CSc1ccc(C(c2ccc(F)cc2F)N2CCCC(C(=O)O)C2)cc1. The molecular formula is C20H21F2NO2S. The summed E-state index contributed by atoms with van der Waals surface area (Å²) in [6.45, 7) is 1.02. The van der Waals surface area contributed by atoms with Gasteiger partial charge in [-0.2, -0.15) is 0 Å². The first kappa shape index (κ1) is 18.9. The van der Waals surface area contributed by atoms with Crippen LogP contribution in [0.2, 0.25) is 0 Å². The van der Waals surface area contributed by atoms with E-state index in [1.807, 2.05) is 35.4 Å². The molecule has 0 aliphatic carbocycles. The van der Waals surface area contributed by atoms with Crippen LogP contribution in [0.4, 0.5) is 8.78 Å². The molecule has 26 heavy (non-hydrogen) atoms. The summed E-state index contributed by atoms with van der Waals surface area (Å²) in [6.07, 6.45) is 3.34. The third kappa shape index (κ3) is 4.07.